The van der Waals surface area contributed by atoms with Gasteiger partial charge in [-0.3, -0.25) is 4.72 Å². The summed E-state index contributed by atoms with van der Waals surface area (Å²) in [5, 5.41) is 0.352. The van der Waals surface area contributed by atoms with Crippen LogP contribution in [-0.2, 0) is 10.0 Å². The molecule has 0 atom stereocenters. The highest BCUT2D eigenvalue weighted by Crippen LogP contribution is 2.22. The number of aryl methyl sites for hydroxylation is 1. The first-order valence-electron chi connectivity index (χ1n) is 5.72. The highest BCUT2D eigenvalue weighted by molar-refractivity contribution is 7.92. The lowest BCUT2D eigenvalue weighted by Crippen LogP contribution is -2.21. The Balaban J connectivity index is 2.77. The lowest BCUT2D eigenvalue weighted by molar-refractivity contribution is 0.397. The Bertz CT molecular complexity index is 521. The second-order valence-corrected chi connectivity index (χ2v) is 7.78. The molecule has 0 aliphatic rings. The number of nitrogens with one attached hydrogen (secondary N) is 1. The van der Waals surface area contributed by atoms with Gasteiger partial charge in [-0.05, 0) is 30.4 Å². The van der Waals surface area contributed by atoms with Crippen molar-refractivity contribution in [3.8, 4) is 0 Å². The van der Waals surface area contributed by atoms with Crippen molar-refractivity contribution < 1.29 is 8.42 Å². The molecule has 0 unspecified atom stereocenters. The maximum absolute atomic E-state index is 11.9. The van der Waals surface area contributed by atoms with Gasteiger partial charge in [0.2, 0.25) is 10.0 Å². The van der Waals surface area contributed by atoms with Gasteiger partial charge in [0.25, 0.3) is 0 Å². The molecular weight excluding hydrogens is 272 g/mol. The number of halogens is 1. The van der Waals surface area contributed by atoms with Crippen LogP contribution in [0, 0.1) is 12.3 Å². The summed E-state index contributed by atoms with van der Waals surface area (Å²) in [4.78, 5) is 3.87. The summed E-state index contributed by atoms with van der Waals surface area (Å²) < 4.78 is 26.4. The fourth-order valence-electron chi connectivity index (χ4n) is 1.29. The molecule has 0 spiro atoms. The van der Waals surface area contributed by atoms with Gasteiger partial charge in [0.05, 0.1) is 17.6 Å². The van der Waals surface area contributed by atoms with Crippen LogP contribution >= 0.6 is 11.6 Å². The number of hydrogen-bond donors (Lipinski definition) is 1. The number of pyridine rings is 1. The Kier molecular flexibility index (Phi) is 4.61. The number of aromatic nitrogens is 1. The van der Waals surface area contributed by atoms with E-state index in [1.165, 1.54) is 6.20 Å². The third-order valence-electron chi connectivity index (χ3n) is 2.46. The third-order valence-corrected chi connectivity index (χ3v) is 3.94. The molecule has 6 heteroatoms. The molecule has 18 heavy (non-hydrogen) atoms. The van der Waals surface area contributed by atoms with Gasteiger partial charge in [-0.25, -0.2) is 13.4 Å². The molecule has 102 valence electrons. The van der Waals surface area contributed by atoms with Crippen LogP contribution in [0.3, 0.4) is 0 Å². The average molecular weight is 291 g/mol. The second kappa shape index (κ2) is 5.45. The first-order chi connectivity index (χ1) is 8.09. The van der Waals surface area contributed by atoms with Crippen LogP contribution < -0.4 is 4.72 Å². The largest absolute Gasteiger partial charge is 0.282 e. The van der Waals surface area contributed by atoms with Crippen molar-refractivity contribution in [2.75, 3.05) is 10.5 Å². The van der Waals surface area contributed by atoms with Crippen LogP contribution in [0.5, 0.6) is 0 Å². The first-order valence-corrected chi connectivity index (χ1v) is 7.75. The van der Waals surface area contributed by atoms with E-state index in [0.29, 0.717) is 17.3 Å². The van der Waals surface area contributed by atoms with Crippen molar-refractivity contribution in [2.45, 2.75) is 34.1 Å². The summed E-state index contributed by atoms with van der Waals surface area (Å²) in [6, 6.07) is 1.63. The monoisotopic (exact) mass is 290 g/mol. The highest BCUT2D eigenvalue weighted by Gasteiger charge is 2.18. The smallest absolute Gasteiger partial charge is 0.232 e. The zero-order valence-electron chi connectivity index (χ0n) is 11.1. The van der Waals surface area contributed by atoms with Crippen molar-refractivity contribution in [3.63, 3.8) is 0 Å². The van der Waals surface area contributed by atoms with E-state index in [1.54, 1.807) is 13.0 Å². The topological polar surface area (TPSA) is 59.1 Å². The van der Waals surface area contributed by atoms with Crippen LogP contribution in [0.1, 0.15) is 32.8 Å². The normalized spacial score (nSPS) is 12.5. The van der Waals surface area contributed by atoms with Gasteiger partial charge in [0.15, 0.2) is 0 Å². The molecule has 1 aromatic rings. The van der Waals surface area contributed by atoms with Gasteiger partial charge in [0.1, 0.15) is 5.15 Å². The first kappa shape index (κ1) is 15.2. The molecule has 1 rings (SSSR count). The Morgan fingerprint density at radius 2 is 2.00 bits per heavy atom. The van der Waals surface area contributed by atoms with Crippen LogP contribution in [-0.4, -0.2) is 19.2 Å². The van der Waals surface area contributed by atoms with Crippen molar-refractivity contribution in [1.82, 2.24) is 4.98 Å². The van der Waals surface area contributed by atoms with Crippen LogP contribution in [0.15, 0.2) is 12.3 Å². The van der Waals surface area contributed by atoms with Gasteiger partial charge in [-0.2, -0.15) is 0 Å². The quantitative estimate of drug-likeness (QED) is 0.866. The van der Waals surface area contributed by atoms with E-state index in [1.807, 2.05) is 20.8 Å². The maximum Gasteiger partial charge on any atom is 0.232 e. The molecule has 0 fully saturated rings. The maximum atomic E-state index is 11.9. The number of hydrogen-bond acceptors (Lipinski definition) is 3. The molecule has 4 nitrogen and oxygen atoms in total. The number of anilines is 1. The van der Waals surface area contributed by atoms with Crippen molar-refractivity contribution in [1.29, 1.82) is 0 Å². The summed E-state index contributed by atoms with van der Waals surface area (Å²) in [5.74, 6) is 0.0958. The zero-order valence-corrected chi connectivity index (χ0v) is 12.7. The number of nitrogens with zero attached hydrogens (tertiary/aromatic N) is 1. The van der Waals surface area contributed by atoms with Gasteiger partial charge in [-0.1, -0.05) is 32.4 Å². The van der Waals surface area contributed by atoms with Crippen molar-refractivity contribution >= 4 is 27.3 Å². The molecule has 1 N–H and O–H groups in total. The minimum absolute atomic E-state index is 0.0119. The number of rotatable bonds is 4. The van der Waals surface area contributed by atoms with E-state index in [-0.39, 0.29) is 11.2 Å². The Labute approximate surface area is 114 Å². The minimum atomic E-state index is -3.34. The lowest BCUT2D eigenvalue weighted by Gasteiger charge is -2.18. The Morgan fingerprint density at radius 3 is 2.50 bits per heavy atom. The summed E-state index contributed by atoms with van der Waals surface area (Å²) >= 11 is 5.72. The lowest BCUT2D eigenvalue weighted by atomic mass is 9.94. The molecule has 0 radical (unpaired) electrons. The molecule has 0 saturated heterocycles. The molecule has 0 aliphatic carbocycles. The van der Waals surface area contributed by atoms with E-state index in [4.69, 9.17) is 11.6 Å². The highest BCUT2D eigenvalue weighted by atomic mass is 35.5. The minimum Gasteiger partial charge on any atom is -0.282 e. The third kappa shape index (κ3) is 5.23. The van der Waals surface area contributed by atoms with Gasteiger partial charge >= 0.3 is 0 Å². The summed E-state index contributed by atoms with van der Waals surface area (Å²) in [7, 11) is -3.34. The van der Waals surface area contributed by atoms with E-state index < -0.39 is 10.0 Å². The molecule has 0 aliphatic heterocycles. The fourth-order valence-corrected chi connectivity index (χ4v) is 3.03. The number of sulfonamides is 1. The Hall–Kier alpha value is -0.810. The van der Waals surface area contributed by atoms with Crippen LogP contribution in [0.4, 0.5) is 5.69 Å². The molecule has 1 heterocycles. The van der Waals surface area contributed by atoms with E-state index >= 15 is 0 Å². The van der Waals surface area contributed by atoms with Crippen LogP contribution in [0.2, 0.25) is 5.15 Å². The van der Waals surface area contributed by atoms with E-state index in [2.05, 4.69) is 9.71 Å². The molecule has 1 aromatic heterocycles. The molecule has 0 bridgehead atoms. The standard InChI is InChI=1S/C12H19ClN2O2S/c1-9-7-11(13)14-8-10(9)15-18(16,17)6-5-12(2,3)4/h7-8,15H,5-6H2,1-4H3. The Morgan fingerprint density at radius 1 is 1.39 bits per heavy atom. The van der Waals surface area contributed by atoms with Gasteiger partial charge < -0.3 is 0 Å². The van der Waals surface area contributed by atoms with Gasteiger partial charge in [-0.15, -0.1) is 0 Å². The summed E-state index contributed by atoms with van der Waals surface area (Å²) in [5.41, 5.74) is 1.23. The summed E-state index contributed by atoms with van der Waals surface area (Å²) in [6.45, 7) is 7.82. The van der Waals surface area contributed by atoms with E-state index in [0.717, 1.165) is 5.56 Å². The zero-order chi connectivity index (χ0) is 14.0. The van der Waals surface area contributed by atoms with Crippen molar-refractivity contribution in [2.24, 2.45) is 5.41 Å². The summed E-state index contributed by atoms with van der Waals surface area (Å²) in [6.07, 6.45) is 2.04. The fraction of sp³-hybridized carbons (Fsp3) is 0.583. The van der Waals surface area contributed by atoms with E-state index in [9.17, 15) is 8.42 Å². The SMILES string of the molecule is Cc1cc(Cl)ncc1NS(=O)(=O)CCC(C)(C)C. The van der Waals surface area contributed by atoms with Crippen molar-refractivity contribution in [3.05, 3.63) is 23.0 Å². The molecule has 0 aromatic carbocycles. The average Bonchev–Trinajstić information content (AvgIpc) is 2.19. The van der Waals surface area contributed by atoms with Gasteiger partial charge in [0, 0.05) is 0 Å². The molecular formula is C12H19ClN2O2S. The second-order valence-electron chi connectivity index (χ2n) is 5.55. The molecule has 0 amide bonds. The molecule has 0 saturated carbocycles. The predicted octanol–water partition coefficient (Wildman–Crippen LogP) is 3.22. The predicted molar refractivity (Wildman–Crippen MR) is 75.5 cm³/mol. The van der Waals surface area contributed by atoms with Crippen LogP contribution in [0.25, 0.3) is 0 Å².